The Morgan fingerprint density at radius 1 is 1.35 bits per heavy atom. The fraction of sp³-hybridized carbons (Fsp3) is 0.438. The molecule has 0 fully saturated rings. The Morgan fingerprint density at radius 2 is 2.10 bits per heavy atom. The zero-order valence-electron chi connectivity index (χ0n) is 12.6. The molecule has 1 aromatic heterocycles. The summed E-state index contributed by atoms with van der Waals surface area (Å²) in [4.78, 5) is 14.2. The van der Waals surface area contributed by atoms with E-state index in [1.807, 2.05) is 31.3 Å². The van der Waals surface area contributed by atoms with Crippen molar-refractivity contribution in [2.45, 2.75) is 19.8 Å². The van der Waals surface area contributed by atoms with Gasteiger partial charge in [0.25, 0.3) is 0 Å². The second-order valence-corrected chi connectivity index (χ2v) is 5.21. The van der Waals surface area contributed by atoms with E-state index in [0.717, 1.165) is 29.6 Å². The van der Waals surface area contributed by atoms with Crippen molar-refractivity contribution in [1.82, 2.24) is 9.47 Å². The van der Waals surface area contributed by atoms with Crippen LogP contribution < -0.4 is 4.74 Å². The van der Waals surface area contributed by atoms with Crippen LogP contribution in [0, 0.1) is 0 Å². The number of ether oxygens (including phenoxy) is 1. The molecule has 0 amide bonds. The van der Waals surface area contributed by atoms with Gasteiger partial charge in [-0.2, -0.15) is 0 Å². The molecule has 2 aromatic rings. The van der Waals surface area contributed by atoms with Gasteiger partial charge in [-0.25, -0.2) is 0 Å². The third-order valence-corrected chi connectivity index (χ3v) is 3.49. The maximum atomic E-state index is 12.1. The van der Waals surface area contributed by atoms with Gasteiger partial charge < -0.3 is 9.64 Å². The molecule has 20 heavy (non-hydrogen) atoms. The number of hydrogen-bond acceptors (Lipinski definition) is 3. The molecule has 0 aliphatic heterocycles. The van der Waals surface area contributed by atoms with Crippen LogP contribution in [0.3, 0.4) is 0 Å². The molecule has 0 aliphatic carbocycles. The van der Waals surface area contributed by atoms with E-state index in [0.29, 0.717) is 6.42 Å². The Bertz CT molecular complexity index is 614. The predicted octanol–water partition coefficient (Wildman–Crippen LogP) is 2.80. The second-order valence-electron chi connectivity index (χ2n) is 5.21. The van der Waals surface area contributed by atoms with Crippen LogP contribution in [0.15, 0.2) is 24.4 Å². The van der Waals surface area contributed by atoms with E-state index in [1.165, 1.54) is 5.56 Å². The molecule has 0 saturated heterocycles. The zero-order chi connectivity index (χ0) is 14.7. The Labute approximate surface area is 119 Å². The monoisotopic (exact) mass is 274 g/mol. The number of methoxy groups -OCH3 is 1. The number of likely N-dealkylation sites (N-methyl/N-ethyl adjacent to an activating group) is 1. The van der Waals surface area contributed by atoms with Crippen LogP contribution in [-0.4, -0.2) is 43.1 Å². The van der Waals surface area contributed by atoms with Crippen LogP contribution in [0.25, 0.3) is 10.9 Å². The first kappa shape index (κ1) is 14.6. The quantitative estimate of drug-likeness (QED) is 0.841. The smallest absolute Gasteiger partial charge is 0.230 e. The third kappa shape index (κ3) is 2.85. The van der Waals surface area contributed by atoms with Gasteiger partial charge in [0.15, 0.2) is 0 Å². The van der Waals surface area contributed by atoms with Gasteiger partial charge >= 0.3 is 0 Å². The fourth-order valence-corrected chi connectivity index (χ4v) is 2.32. The molecule has 0 spiro atoms. The topological polar surface area (TPSA) is 34.5 Å². The summed E-state index contributed by atoms with van der Waals surface area (Å²) in [6.07, 6.45) is 3.39. The maximum absolute atomic E-state index is 12.1. The van der Waals surface area contributed by atoms with Crippen LogP contribution in [-0.2, 0) is 6.42 Å². The largest absolute Gasteiger partial charge is 0.497 e. The lowest BCUT2D eigenvalue weighted by atomic mass is 10.1. The summed E-state index contributed by atoms with van der Waals surface area (Å²) in [5.41, 5.74) is 2.15. The highest BCUT2D eigenvalue weighted by Gasteiger charge is 2.13. The number of carbonyl (C=O) groups excluding carboxylic acids is 1. The summed E-state index contributed by atoms with van der Waals surface area (Å²) in [5.74, 6) is 0.946. The Kier molecular flexibility index (Phi) is 4.45. The second kappa shape index (κ2) is 6.09. The highest BCUT2D eigenvalue weighted by Crippen LogP contribution is 2.26. The van der Waals surface area contributed by atoms with Crippen LogP contribution in [0.5, 0.6) is 5.75 Å². The molecule has 0 radical (unpaired) electrons. The summed E-state index contributed by atoms with van der Waals surface area (Å²) < 4.78 is 7.06. The highest BCUT2D eigenvalue weighted by atomic mass is 16.5. The number of rotatable bonds is 5. The number of nitrogens with zero attached hydrogens (tertiary/aromatic N) is 2. The van der Waals surface area contributed by atoms with E-state index in [9.17, 15) is 4.79 Å². The Hall–Kier alpha value is -1.81. The minimum absolute atomic E-state index is 0.122. The molecule has 2 rings (SSSR count). The van der Waals surface area contributed by atoms with Gasteiger partial charge in [0.05, 0.1) is 12.6 Å². The third-order valence-electron chi connectivity index (χ3n) is 3.49. The summed E-state index contributed by atoms with van der Waals surface area (Å²) >= 11 is 0. The van der Waals surface area contributed by atoms with Gasteiger partial charge in [-0.15, -0.1) is 0 Å². The first-order chi connectivity index (χ1) is 9.56. The Morgan fingerprint density at radius 3 is 2.70 bits per heavy atom. The zero-order valence-corrected chi connectivity index (χ0v) is 12.6. The van der Waals surface area contributed by atoms with Crippen LogP contribution in [0.4, 0.5) is 0 Å². The molecule has 0 atom stereocenters. The van der Waals surface area contributed by atoms with E-state index in [1.54, 1.807) is 11.7 Å². The molecule has 0 unspecified atom stereocenters. The molecule has 1 aromatic carbocycles. The van der Waals surface area contributed by atoms with E-state index in [2.05, 4.69) is 19.0 Å². The molecule has 4 nitrogen and oxygen atoms in total. The van der Waals surface area contributed by atoms with Crippen LogP contribution in [0.1, 0.15) is 23.7 Å². The summed E-state index contributed by atoms with van der Waals surface area (Å²) in [7, 11) is 5.77. The van der Waals surface area contributed by atoms with Crippen molar-refractivity contribution >= 4 is 16.8 Å². The van der Waals surface area contributed by atoms with Crippen molar-refractivity contribution < 1.29 is 9.53 Å². The van der Waals surface area contributed by atoms with Crippen LogP contribution >= 0.6 is 0 Å². The standard InChI is InChI=1S/C16H22N2O2/c1-5-16(19)18-11-12(8-9-17(2)3)14-10-13(20-4)6-7-15(14)18/h6-7,10-11H,5,8-9H2,1-4H3. The van der Waals surface area contributed by atoms with Crippen molar-refractivity contribution in [3.05, 3.63) is 30.0 Å². The minimum Gasteiger partial charge on any atom is -0.497 e. The first-order valence-corrected chi connectivity index (χ1v) is 6.92. The van der Waals surface area contributed by atoms with E-state index < -0.39 is 0 Å². The fourth-order valence-electron chi connectivity index (χ4n) is 2.32. The van der Waals surface area contributed by atoms with Gasteiger partial charge in [-0.05, 0) is 44.3 Å². The number of fused-ring (bicyclic) bond motifs is 1. The number of hydrogen-bond donors (Lipinski definition) is 0. The lowest BCUT2D eigenvalue weighted by molar-refractivity contribution is 0.0914. The maximum Gasteiger partial charge on any atom is 0.230 e. The number of benzene rings is 1. The highest BCUT2D eigenvalue weighted by molar-refractivity contribution is 5.95. The van der Waals surface area contributed by atoms with Crippen LogP contribution in [0.2, 0.25) is 0 Å². The SMILES string of the molecule is CCC(=O)n1cc(CCN(C)C)c2cc(OC)ccc21. The van der Waals surface area contributed by atoms with Crippen molar-refractivity contribution in [2.24, 2.45) is 0 Å². The van der Waals surface area contributed by atoms with Crippen molar-refractivity contribution in [3.8, 4) is 5.75 Å². The summed E-state index contributed by atoms with van der Waals surface area (Å²) in [6.45, 7) is 2.84. The summed E-state index contributed by atoms with van der Waals surface area (Å²) in [5, 5.41) is 1.10. The van der Waals surface area contributed by atoms with Gasteiger partial charge in [-0.3, -0.25) is 9.36 Å². The lowest BCUT2D eigenvalue weighted by Gasteiger charge is -2.08. The predicted molar refractivity (Wildman–Crippen MR) is 81.7 cm³/mol. The number of aromatic nitrogens is 1. The van der Waals surface area contributed by atoms with Crippen molar-refractivity contribution in [1.29, 1.82) is 0 Å². The average Bonchev–Trinajstić information content (AvgIpc) is 2.82. The van der Waals surface area contributed by atoms with E-state index in [4.69, 9.17) is 4.74 Å². The van der Waals surface area contributed by atoms with Crippen molar-refractivity contribution in [3.63, 3.8) is 0 Å². The minimum atomic E-state index is 0.122. The molecule has 0 N–H and O–H groups in total. The molecule has 0 saturated carbocycles. The lowest BCUT2D eigenvalue weighted by Crippen LogP contribution is -2.15. The summed E-state index contributed by atoms with van der Waals surface area (Å²) in [6, 6.07) is 5.87. The van der Waals surface area contributed by atoms with Gasteiger partial charge in [0.1, 0.15) is 5.75 Å². The van der Waals surface area contributed by atoms with E-state index in [-0.39, 0.29) is 5.91 Å². The van der Waals surface area contributed by atoms with Gasteiger partial charge in [-0.1, -0.05) is 6.92 Å². The number of carbonyl (C=O) groups is 1. The molecule has 108 valence electrons. The molecular weight excluding hydrogens is 252 g/mol. The molecule has 1 heterocycles. The van der Waals surface area contributed by atoms with Gasteiger partial charge in [0, 0.05) is 24.5 Å². The van der Waals surface area contributed by atoms with Gasteiger partial charge in [0.2, 0.25) is 5.91 Å². The first-order valence-electron chi connectivity index (χ1n) is 6.92. The molecule has 0 bridgehead atoms. The normalized spacial score (nSPS) is 11.2. The Balaban J connectivity index is 2.51. The molecule has 0 aliphatic rings. The van der Waals surface area contributed by atoms with E-state index >= 15 is 0 Å². The average molecular weight is 274 g/mol. The van der Waals surface area contributed by atoms with Crippen molar-refractivity contribution in [2.75, 3.05) is 27.7 Å². The molecular formula is C16H22N2O2. The molecule has 4 heteroatoms.